The molecule has 1 aliphatic heterocycles. The van der Waals surface area contributed by atoms with E-state index in [1.807, 2.05) is 31.2 Å². The average molecular weight is 420 g/mol. The number of carbonyl (C=O) groups excluding carboxylic acids is 2. The van der Waals surface area contributed by atoms with Gasteiger partial charge in [0.25, 0.3) is 0 Å². The van der Waals surface area contributed by atoms with Crippen LogP contribution in [-0.2, 0) is 33.1 Å². The molecule has 2 aromatic rings. The van der Waals surface area contributed by atoms with Gasteiger partial charge in [0.1, 0.15) is 16.6 Å². The molecule has 3 rings (SSSR count). The first-order valence-corrected chi connectivity index (χ1v) is 10.8. The minimum atomic E-state index is -3.92. The number of esters is 1. The number of amides is 1. The quantitative estimate of drug-likeness (QED) is 0.717. The second-order valence-corrected chi connectivity index (χ2v) is 8.97. The van der Waals surface area contributed by atoms with Gasteiger partial charge in [0.2, 0.25) is 15.9 Å². The largest absolute Gasteiger partial charge is 0.464 e. The first-order chi connectivity index (χ1) is 13.8. The smallest absolute Gasteiger partial charge is 0.354 e. The number of aryl methyl sites for hydroxylation is 2. The molecule has 8 nitrogen and oxygen atoms in total. The number of ether oxygens (including phenoxy) is 1. The van der Waals surface area contributed by atoms with Crippen LogP contribution in [0.15, 0.2) is 41.4 Å². The molecule has 1 amide bonds. The summed E-state index contributed by atoms with van der Waals surface area (Å²) in [6.45, 7) is 2.56. The van der Waals surface area contributed by atoms with Crippen LogP contribution in [0, 0.1) is 6.92 Å². The topological polar surface area (TPSA) is 97.7 Å². The third kappa shape index (κ3) is 4.20. The molecule has 0 bridgehead atoms. The highest BCUT2D eigenvalue weighted by atomic mass is 32.2. The molecule has 1 N–H and O–H groups in total. The van der Waals surface area contributed by atoms with Crippen molar-refractivity contribution >= 4 is 21.9 Å². The van der Waals surface area contributed by atoms with Gasteiger partial charge in [-0.25, -0.2) is 13.2 Å². The van der Waals surface area contributed by atoms with Crippen molar-refractivity contribution in [3.8, 4) is 0 Å². The standard InChI is InChI=1S/C20H25N3O5S/c1-14-7-4-5-8-15(14)12-21-19(24)17-9-6-10-23(17)29(26,27)16-11-18(20(25)28-3)22(2)13-16/h4-5,7-8,11,13,17H,6,9-10,12H2,1-3H3,(H,21,24)/t17-/m0/s1. The van der Waals surface area contributed by atoms with Crippen LogP contribution < -0.4 is 5.32 Å². The average Bonchev–Trinajstić information content (AvgIpc) is 3.34. The number of sulfonamides is 1. The molecule has 1 aromatic carbocycles. The SMILES string of the molecule is COC(=O)c1cc(S(=O)(=O)N2CCC[C@H]2C(=O)NCc2ccccc2C)cn1C. The van der Waals surface area contributed by atoms with Crippen molar-refractivity contribution in [2.75, 3.05) is 13.7 Å². The van der Waals surface area contributed by atoms with Gasteiger partial charge in [0.15, 0.2) is 0 Å². The maximum atomic E-state index is 13.1. The summed E-state index contributed by atoms with van der Waals surface area (Å²) in [6.07, 6.45) is 2.41. The van der Waals surface area contributed by atoms with Gasteiger partial charge in [-0.2, -0.15) is 4.31 Å². The molecule has 1 aliphatic rings. The molecule has 0 aliphatic carbocycles. The Morgan fingerprint density at radius 1 is 1.28 bits per heavy atom. The van der Waals surface area contributed by atoms with Crippen LogP contribution in [0.1, 0.15) is 34.5 Å². The van der Waals surface area contributed by atoms with Crippen LogP contribution in [0.5, 0.6) is 0 Å². The summed E-state index contributed by atoms with van der Waals surface area (Å²) in [6, 6.07) is 8.22. The molecule has 9 heteroatoms. The third-order valence-corrected chi connectivity index (χ3v) is 7.08. The van der Waals surface area contributed by atoms with Crippen molar-refractivity contribution in [2.45, 2.75) is 37.2 Å². The zero-order valence-corrected chi connectivity index (χ0v) is 17.5. The van der Waals surface area contributed by atoms with Crippen molar-refractivity contribution in [2.24, 2.45) is 7.05 Å². The van der Waals surface area contributed by atoms with E-state index in [9.17, 15) is 18.0 Å². The first-order valence-electron chi connectivity index (χ1n) is 9.34. The molecule has 29 heavy (non-hydrogen) atoms. The van der Waals surface area contributed by atoms with E-state index >= 15 is 0 Å². The predicted molar refractivity (Wildman–Crippen MR) is 107 cm³/mol. The van der Waals surface area contributed by atoms with Crippen LogP contribution in [0.2, 0.25) is 0 Å². The fraction of sp³-hybridized carbons (Fsp3) is 0.400. The molecule has 2 heterocycles. The predicted octanol–water partition coefficient (Wildman–Crippen LogP) is 1.59. The van der Waals surface area contributed by atoms with Crippen molar-refractivity contribution in [1.29, 1.82) is 0 Å². The second-order valence-electron chi connectivity index (χ2n) is 7.08. The van der Waals surface area contributed by atoms with E-state index < -0.39 is 22.0 Å². The van der Waals surface area contributed by atoms with E-state index in [-0.39, 0.29) is 23.0 Å². The minimum Gasteiger partial charge on any atom is -0.464 e. The number of benzene rings is 1. The van der Waals surface area contributed by atoms with E-state index in [0.717, 1.165) is 11.1 Å². The number of nitrogens with one attached hydrogen (secondary N) is 1. The van der Waals surface area contributed by atoms with E-state index in [2.05, 4.69) is 10.1 Å². The molecule has 0 radical (unpaired) electrons. The monoisotopic (exact) mass is 419 g/mol. The van der Waals surface area contributed by atoms with Gasteiger partial charge < -0.3 is 14.6 Å². The molecule has 0 saturated carbocycles. The van der Waals surface area contributed by atoms with Crippen molar-refractivity contribution in [3.63, 3.8) is 0 Å². The van der Waals surface area contributed by atoms with Gasteiger partial charge in [-0.15, -0.1) is 0 Å². The molecule has 0 unspecified atom stereocenters. The van der Waals surface area contributed by atoms with E-state index in [4.69, 9.17) is 0 Å². The minimum absolute atomic E-state index is 0.0287. The highest BCUT2D eigenvalue weighted by molar-refractivity contribution is 7.89. The summed E-state index contributed by atoms with van der Waals surface area (Å²) < 4.78 is 33.6. The van der Waals surface area contributed by atoms with Crippen LogP contribution in [0.25, 0.3) is 0 Å². The number of nitrogens with zero attached hydrogens (tertiary/aromatic N) is 2. The van der Waals surface area contributed by atoms with Crippen LogP contribution in [0.3, 0.4) is 0 Å². The molecule has 1 atom stereocenters. The maximum absolute atomic E-state index is 13.1. The van der Waals surface area contributed by atoms with Crippen LogP contribution >= 0.6 is 0 Å². The number of aromatic nitrogens is 1. The number of hydrogen-bond acceptors (Lipinski definition) is 5. The summed E-state index contributed by atoms with van der Waals surface area (Å²) in [7, 11) is -1.12. The zero-order chi connectivity index (χ0) is 21.2. The molecule has 1 fully saturated rings. The summed E-state index contributed by atoms with van der Waals surface area (Å²) in [5.41, 5.74) is 2.17. The Morgan fingerprint density at radius 2 is 2.00 bits per heavy atom. The fourth-order valence-electron chi connectivity index (χ4n) is 3.52. The van der Waals surface area contributed by atoms with Crippen LogP contribution in [-0.4, -0.2) is 48.9 Å². The normalized spacial score (nSPS) is 17.3. The Bertz CT molecular complexity index is 1030. The fourth-order valence-corrected chi connectivity index (χ4v) is 5.24. The van der Waals surface area contributed by atoms with Gasteiger partial charge in [-0.1, -0.05) is 24.3 Å². The van der Waals surface area contributed by atoms with E-state index in [1.54, 1.807) is 7.05 Å². The van der Waals surface area contributed by atoms with Gasteiger partial charge in [0.05, 0.1) is 7.11 Å². The lowest BCUT2D eigenvalue weighted by atomic mass is 10.1. The molecular weight excluding hydrogens is 394 g/mol. The van der Waals surface area contributed by atoms with Gasteiger partial charge in [-0.05, 0) is 37.0 Å². The summed E-state index contributed by atoms with van der Waals surface area (Å²) in [5, 5.41) is 2.85. The highest BCUT2D eigenvalue weighted by Crippen LogP contribution is 2.27. The summed E-state index contributed by atoms with van der Waals surface area (Å²) in [4.78, 5) is 24.5. The Labute approximate surface area is 170 Å². The van der Waals surface area contributed by atoms with E-state index in [1.165, 1.54) is 28.2 Å². The summed E-state index contributed by atoms with van der Waals surface area (Å²) in [5.74, 6) is -0.943. The molecule has 1 aromatic heterocycles. The van der Waals surface area contributed by atoms with E-state index in [0.29, 0.717) is 19.4 Å². The molecule has 156 valence electrons. The maximum Gasteiger partial charge on any atom is 0.354 e. The van der Waals surface area contributed by atoms with Gasteiger partial charge in [-0.3, -0.25) is 4.79 Å². The number of carbonyl (C=O) groups is 2. The number of methoxy groups -OCH3 is 1. The Kier molecular flexibility index (Phi) is 6.09. The second kappa shape index (κ2) is 8.38. The van der Waals surface area contributed by atoms with Gasteiger partial charge >= 0.3 is 5.97 Å². The lowest BCUT2D eigenvalue weighted by Crippen LogP contribution is -2.45. The summed E-state index contributed by atoms with van der Waals surface area (Å²) >= 11 is 0. The zero-order valence-electron chi connectivity index (χ0n) is 16.7. The molecular formula is C20H25N3O5S. The number of hydrogen-bond donors (Lipinski definition) is 1. The molecule has 1 saturated heterocycles. The van der Waals surface area contributed by atoms with Crippen molar-refractivity contribution in [1.82, 2.24) is 14.2 Å². The first kappa shape index (κ1) is 21.1. The Hall–Kier alpha value is -2.65. The third-order valence-electron chi connectivity index (χ3n) is 5.20. The van der Waals surface area contributed by atoms with Crippen molar-refractivity contribution in [3.05, 3.63) is 53.3 Å². The van der Waals surface area contributed by atoms with Gasteiger partial charge in [0, 0.05) is 26.3 Å². The van der Waals surface area contributed by atoms with Crippen LogP contribution in [0.4, 0.5) is 0 Å². The molecule has 0 spiro atoms. The number of rotatable bonds is 6. The van der Waals surface area contributed by atoms with Crippen molar-refractivity contribution < 1.29 is 22.7 Å². The Morgan fingerprint density at radius 3 is 2.69 bits per heavy atom. The lowest BCUT2D eigenvalue weighted by Gasteiger charge is -2.23. The highest BCUT2D eigenvalue weighted by Gasteiger charge is 2.40. The lowest BCUT2D eigenvalue weighted by molar-refractivity contribution is -0.124. The Balaban J connectivity index is 1.78.